The van der Waals surface area contributed by atoms with Crippen molar-refractivity contribution in [2.75, 3.05) is 7.11 Å². The Kier molecular flexibility index (Phi) is 3.23. The molecule has 1 aromatic heterocycles. The Morgan fingerprint density at radius 1 is 1.47 bits per heavy atom. The molecule has 0 amide bonds. The second-order valence-electron chi connectivity index (χ2n) is 3.71. The molecule has 0 aliphatic rings. The molecule has 1 heterocycles. The molecule has 0 fully saturated rings. The molecule has 1 aromatic carbocycles. The maximum absolute atomic E-state index is 11.1. The fourth-order valence-corrected chi connectivity index (χ4v) is 1.51. The van der Waals surface area contributed by atoms with Gasteiger partial charge in [-0.05, 0) is 17.7 Å². The van der Waals surface area contributed by atoms with Gasteiger partial charge in [0.15, 0.2) is 11.7 Å². The minimum absolute atomic E-state index is 0.0920. The number of ketones is 1. The minimum atomic E-state index is -0.0920. The second kappa shape index (κ2) is 4.82. The van der Waals surface area contributed by atoms with Gasteiger partial charge in [0.05, 0.1) is 7.11 Å². The monoisotopic (exact) mass is 231 g/mol. The van der Waals surface area contributed by atoms with Crippen LogP contribution in [0, 0.1) is 0 Å². The van der Waals surface area contributed by atoms with Gasteiger partial charge in [0.2, 0.25) is 0 Å². The molecule has 0 saturated carbocycles. The van der Waals surface area contributed by atoms with Crippen LogP contribution in [-0.4, -0.2) is 17.9 Å². The third-order valence-corrected chi connectivity index (χ3v) is 2.40. The molecule has 88 valence electrons. The summed E-state index contributed by atoms with van der Waals surface area (Å²) in [5, 5.41) is 0. The SMILES string of the molecule is COc1cccc(Cc2nc(C(C)=O)co2)c1. The normalized spacial score (nSPS) is 10.2. The van der Waals surface area contributed by atoms with Crippen LogP contribution in [0.5, 0.6) is 5.75 Å². The smallest absolute Gasteiger partial charge is 0.199 e. The lowest BCUT2D eigenvalue weighted by Crippen LogP contribution is -1.94. The summed E-state index contributed by atoms with van der Waals surface area (Å²) in [6.07, 6.45) is 1.93. The summed E-state index contributed by atoms with van der Waals surface area (Å²) in [5.74, 6) is 1.23. The summed E-state index contributed by atoms with van der Waals surface area (Å²) < 4.78 is 10.4. The van der Waals surface area contributed by atoms with Gasteiger partial charge in [0.1, 0.15) is 17.7 Å². The first-order valence-corrected chi connectivity index (χ1v) is 5.27. The fourth-order valence-electron chi connectivity index (χ4n) is 1.51. The molecule has 2 aromatic rings. The lowest BCUT2D eigenvalue weighted by Gasteiger charge is -2.01. The van der Waals surface area contributed by atoms with Crippen LogP contribution in [0.1, 0.15) is 28.9 Å². The zero-order valence-electron chi connectivity index (χ0n) is 9.77. The van der Waals surface area contributed by atoms with E-state index in [2.05, 4.69) is 4.98 Å². The quantitative estimate of drug-likeness (QED) is 0.758. The van der Waals surface area contributed by atoms with Crippen LogP contribution in [0.4, 0.5) is 0 Å². The maximum Gasteiger partial charge on any atom is 0.199 e. The summed E-state index contributed by atoms with van der Waals surface area (Å²) in [7, 11) is 1.62. The number of carbonyl (C=O) groups excluding carboxylic acids is 1. The van der Waals surface area contributed by atoms with Crippen molar-refractivity contribution in [3.63, 3.8) is 0 Å². The number of hydrogen-bond acceptors (Lipinski definition) is 4. The molecule has 0 unspecified atom stereocenters. The van der Waals surface area contributed by atoms with Crippen LogP contribution in [0.2, 0.25) is 0 Å². The summed E-state index contributed by atoms with van der Waals surface area (Å²) in [4.78, 5) is 15.2. The number of rotatable bonds is 4. The lowest BCUT2D eigenvalue weighted by atomic mass is 10.1. The lowest BCUT2D eigenvalue weighted by molar-refractivity contribution is 0.101. The van der Waals surface area contributed by atoms with Crippen molar-refractivity contribution in [1.82, 2.24) is 4.98 Å². The zero-order valence-corrected chi connectivity index (χ0v) is 9.77. The molecule has 0 bridgehead atoms. The van der Waals surface area contributed by atoms with E-state index in [9.17, 15) is 4.79 Å². The van der Waals surface area contributed by atoms with E-state index in [0.29, 0.717) is 18.0 Å². The highest BCUT2D eigenvalue weighted by molar-refractivity contribution is 5.91. The van der Waals surface area contributed by atoms with Crippen LogP contribution >= 0.6 is 0 Å². The van der Waals surface area contributed by atoms with Gasteiger partial charge in [-0.3, -0.25) is 4.79 Å². The third-order valence-electron chi connectivity index (χ3n) is 2.40. The van der Waals surface area contributed by atoms with Crippen molar-refractivity contribution in [3.8, 4) is 5.75 Å². The highest BCUT2D eigenvalue weighted by Crippen LogP contribution is 2.16. The Bertz CT molecular complexity index is 531. The highest BCUT2D eigenvalue weighted by Gasteiger charge is 2.08. The molecule has 0 saturated heterocycles. The van der Waals surface area contributed by atoms with Gasteiger partial charge in [0, 0.05) is 13.3 Å². The predicted molar refractivity (Wildman–Crippen MR) is 62.3 cm³/mol. The maximum atomic E-state index is 11.1. The van der Waals surface area contributed by atoms with E-state index in [1.165, 1.54) is 13.2 Å². The first kappa shape index (κ1) is 11.4. The predicted octanol–water partition coefficient (Wildman–Crippen LogP) is 2.48. The molecule has 0 spiro atoms. The molecule has 0 aliphatic heterocycles. The highest BCUT2D eigenvalue weighted by atomic mass is 16.5. The van der Waals surface area contributed by atoms with Gasteiger partial charge in [0.25, 0.3) is 0 Å². The second-order valence-corrected chi connectivity index (χ2v) is 3.71. The molecule has 0 aliphatic carbocycles. The number of oxazole rings is 1. The molecular formula is C13H13NO3. The molecule has 0 N–H and O–H groups in total. The number of benzene rings is 1. The first-order valence-electron chi connectivity index (χ1n) is 5.27. The summed E-state index contributed by atoms with van der Waals surface area (Å²) in [5.41, 5.74) is 1.39. The Balaban J connectivity index is 2.16. The Labute approximate surface area is 99.2 Å². The van der Waals surface area contributed by atoms with Crippen molar-refractivity contribution in [2.45, 2.75) is 13.3 Å². The van der Waals surface area contributed by atoms with Crippen molar-refractivity contribution >= 4 is 5.78 Å². The summed E-state index contributed by atoms with van der Waals surface area (Å²) in [6.45, 7) is 1.47. The standard InChI is InChI=1S/C13H13NO3/c1-9(15)12-8-17-13(14-12)7-10-4-3-5-11(6-10)16-2/h3-6,8H,7H2,1-2H3. The Morgan fingerprint density at radius 3 is 2.94 bits per heavy atom. The van der Waals surface area contributed by atoms with Crippen LogP contribution < -0.4 is 4.74 Å². The number of methoxy groups -OCH3 is 1. The number of nitrogens with zero attached hydrogens (tertiary/aromatic N) is 1. The van der Waals surface area contributed by atoms with Crippen molar-refractivity contribution in [2.24, 2.45) is 0 Å². The van der Waals surface area contributed by atoms with Gasteiger partial charge < -0.3 is 9.15 Å². The van der Waals surface area contributed by atoms with Gasteiger partial charge in [-0.1, -0.05) is 12.1 Å². The van der Waals surface area contributed by atoms with E-state index < -0.39 is 0 Å². The van der Waals surface area contributed by atoms with E-state index in [1.807, 2.05) is 24.3 Å². The van der Waals surface area contributed by atoms with Crippen molar-refractivity contribution in [1.29, 1.82) is 0 Å². The number of Topliss-reactive ketones (excluding diaryl/α,β-unsaturated/α-hetero) is 1. The van der Waals surface area contributed by atoms with Crippen LogP contribution in [0.15, 0.2) is 34.9 Å². The van der Waals surface area contributed by atoms with Gasteiger partial charge in [-0.2, -0.15) is 0 Å². The van der Waals surface area contributed by atoms with Crippen LogP contribution in [0.25, 0.3) is 0 Å². The molecular weight excluding hydrogens is 218 g/mol. The van der Waals surface area contributed by atoms with Crippen LogP contribution in [-0.2, 0) is 6.42 Å². The van der Waals surface area contributed by atoms with Crippen molar-refractivity contribution in [3.05, 3.63) is 47.7 Å². The fraction of sp³-hybridized carbons (Fsp3) is 0.231. The molecule has 4 heteroatoms. The van der Waals surface area contributed by atoms with E-state index >= 15 is 0 Å². The zero-order chi connectivity index (χ0) is 12.3. The largest absolute Gasteiger partial charge is 0.497 e. The third kappa shape index (κ3) is 2.72. The number of aromatic nitrogens is 1. The van der Waals surface area contributed by atoms with Gasteiger partial charge in [-0.25, -0.2) is 4.98 Å². The molecule has 0 atom stereocenters. The molecule has 17 heavy (non-hydrogen) atoms. The Hall–Kier alpha value is -2.10. The van der Waals surface area contributed by atoms with E-state index in [0.717, 1.165) is 11.3 Å². The summed E-state index contributed by atoms with van der Waals surface area (Å²) >= 11 is 0. The van der Waals surface area contributed by atoms with E-state index in [1.54, 1.807) is 7.11 Å². The van der Waals surface area contributed by atoms with Crippen molar-refractivity contribution < 1.29 is 13.9 Å². The van der Waals surface area contributed by atoms with Gasteiger partial charge in [-0.15, -0.1) is 0 Å². The van der Waals surface area contributed by atoms with Crippen LogP contribution in [0.3, 0.4) is 0 Å². The molecule has 0 radical (unpaired) electrons. The average molecular weight is 231 g/mol. The first-order chi connectivity index (χ1) is 8.19. The number of ether oxygens (including phenoxy) is 1. The average Bonchev–Trinajstić information content (AvgIpc) is 2.78. The number of carbonyl (C=O) groups is 1. The number of hydrogen-bond donors (Lipinski definition) is 0. The topological polar surface area (TPSA) is 52.3 Å². The molecule has 4 nitrogen and oxygen atoms in total. The molecule has 2 rings (SSSR count). The summed E-state index contributed by atoms with van der Waals surface area (Å²) in [6, 6.07) is 7.65. The van der Waals surface area contributed by atoms with Gasteiger partial charge >= 0.3 is 0 Å². The Morgan fingerprint density at radius 2 is 2.29 bits per heavy atom. The van der Waals surface area contributed by atoms with E-state index in [4.69, 9.17) is 9.15 Å². The minimum Gasteiger partial charge on any atom is -0.497 e. The van der Waals surface area contributed by atoms with E-state index in [-0.39, 0.29) is 5.78 Å².